The van der Waals surface area contributed by atoms with Crippen molar-refractivity contribution in [1.29, 1.82) is 0 Å². The van der Waals surface area contributed by atoms with Crippen LogP contribution >= 0.6 is 0 Å². The third-order valence-corrected chi connectivity index (χ3v) is 4.33. The Kier molecular flexibility index (Phi) is 8.74. The maximum atomic E-state index is 11.0. The van der Waals surface area contributed by atoms with Crippen molar-refractivity contribution in [1.82, 2.24) is 0 Å². The molecule has 30 heavy (non-hydrogen) atoms. The molecule has 0 aliphatic carbocycles. The zero-order chi connectivity index (χ0) is 21.0. The van der Waals surface area contributed by atoms with Crippen molar-refractivity contribution in [3.05, 3.63) is 48.5 Å². The van der Waals surface area contributed by atoms with E-state index in [9.17, 15) is 25.2 Å². The van der Waals surface area contributed by atoms with Gasteiger partial charge in [0.15, 0.2) is 0 Å². The van der Waals surface area contributed by atoms with Crippen molar-refractivity contribution in [2.45, 2.75) is 30.7 Å². The van der Waals surface area contributed by atoms with Crippen molar-refractivity contribution >= 4 is 23.0 Å². The minimum Gasteiger partial charge on any atom is -0.547 e. The average molecular weight is 425 g/mol. The summed E-state index contributed by atoms with van der Waals surface area (Å²) in [6, 6.07) is 13.6. The monoisotopic (exact) mass is 425 g/mol. The Morgan fingerprint density at radius 1 is 0.967 bits per heavy atom. The molecule has 0 bridgehead atoms. The van der Waals surface area contributed by atoms with Gasteiger partial charge in [-0.05, 0) is 48.5 Å². The molecule has 0 amide bonds. The molecule has 1 aliphatic heterocycles. The standard InChI is InChI=1S/C19H21N3O7.Na/c1-20-10-2-4-11(5-3-10)21-22-12-6-8-13(9-7-12)28-19-16(25)14(23)15(24)17(29-19)18(26)27;/h2-9,14-17,19-20,23-25H,1H3,(H,26,27);/q;+1/p-1/t14-,15-,16+,17-,19?;/m0./s1. The molecule has 1 heterocycles. The van der Waals surface area contributed by atoms with E-state index in [4.69, 9.17) is 9.47 Å². The minimum atomic E-state index is -1.83. The first kappa shape index (κ1) is 24.2. The van der Waals surface area contributed by atoms with Crippen LogP contribution in [-0.4, -0.2) is 59.0 Å². The van der Waals surface area contributed by atoms with Crippen LogP contribution in [-0.2, 0) is 9.53 Å². The van der Waals surface area contributed by atoms with Crippen molar-refractivity contribution in [2.75, 3.05) is 12.4 Å². The normalized spacial score (nSPS) is 26.1. The van der Waals surface area contributed by atoms with Crippen molar-refractivity contribution in [3.8, 4) is 5.75 Å². The zero-order valence-electron chi connectivity index (χ0n) is 16.4. The number of nitrogens with zero attached hydrogens (tertiary/aromatic N) is 2. The smallest absolute Gasteiger partial charge is 0.547 e. The predicted molar refractivity (Wildman–Crippen MR) is 98.9 cm³/mol. The fraction of sp³-hybridized carbons (Fsp3) is 0.316. The van der Waals surface area contributed by atoms with Gasteiger partial charge in [-0.15, -0.1) is 0 Å². The molecular weight excluding hydrogens is 405 g/mol. The van der Waals surface area contributed by atoms with Crippen molar-refractivity contribution < 1.29 is 64.3 Å². The molecule has 11 heteroatoms. The number of rotatable bonds is 6. The Hall–Kier alpha value is -2.05. The molecular formula is C19H20N3NaO7. The Labute approximate surface area is 194 Å². The summed E-state index contributed by atoms with van der Waals surface area (Å²) >= 11 is 0. The first-order valence-corrected chi connectivity index (χ1v) is 8.76. The number of benzene rings is 2. The maximum absolute atomic E-state index is 11.0. The second-order valence-electron chi connectivity index (χ2n) is 6.32. The summed E-state index contributed by atoms with van der Waals surface area (Å²) in [4.78, 5) is 11.0. The number of hydrogen-bond acceptors (Lipinski definition) is 10. The summed E-state index contributed by atoms with van der Waals surface area (Å²) in [6.45, 7) is 0. The van der Waals surface area contributed by atoms with Crippen LogP contribution in [0.2, 0.25) is 0 Å². The number of carbonyl (C=O) groups is 1. The third-order valence-electron chi connectivity index (χ3n) is 4.33. The SMILES string of the molecule is CNc1ccc(N=Nc2ccc(OC3O[C@H](C(=O)[O-])[C@@H](O)[C@H](O)[C@H]3O)cc2)cc1.[Na+]. The number of carbonyl (C=O) groups excluding carboxylic acids is 1. The van der Waals surface area contributed by atoms with Gasteiger partial charge in [0, 0.05) is 12.7 Å². The summed E-state index contributed by atoms with van der Waals surface area (Å²) in [5.41, 5.74) is 2.16. The van der Waals surface area contributed by atoms with Crippen LogP contribution in [0.15, 0.2) is 58.8 Å². The van der Waals surface area contributed by atoms with Crippen molar-refractivity contribution in [3.63, 3.8) is 0 Å². The topological polar surface area (TPSA) is 156 Å². The van der Waals surface area contributed by atoms with Gasteiger partial charge in [0.1, 0.15) is 30.2 Å². The molecule has 2 aromatic carbocycles. The number of nitrogens with one attached hydrogen (secondary N) is 1. The molecule has 0 spiro atoms. The van der Waals surface area contributed by atoms with Gasteiger partial charge in [-0.3, -0.25) is 0 Å². The molecule has 0 aromatic heterocycles. The van der Waals surface area contributed by atoms with Crippen LogP contribution in [0.1, 0.15) is 0 Å². The van der Waals surface area contributed by atoms with E-state index in [-0.39, 0.29) is 35.3 Å². The molecule has 154 valence electrons. The van der Waals surface area contributed by atoms with Gasteiger partial charge in [0.25, 0.3) is 0 Å². The van der Waals surface area contributed by atoms with E-state index in [1.54, 1.807) is 12.1 Å². The Balaban J connectivity index is 0.00000320. The molecule has 0 saturated carbocycles. The first-order valence-electron chi connectivity index (χ1n) is 8.76. The van der Waals surface area contributed by atoms with Crippen LogP contribution in [0, 0.1) is 0 Å². The summed E-state index contributed by atoms with van der Waals surface area (Å²) in [5.74, 6) is -1.50. The molecule has 1 saturated heterocycles. The number of hydrogen-bond donors (Lipinski definition) is 4. The van der Waals surface area contributed by atoms with Gasteiger partial charge < -0.3 is 40.0 Å². The second-order valence-corrected chi connectivity index (χ2v) is 6.32. The van der Waals surface area contributed by atoms with Crippen LogP contribution in [0.25, 0.3) is 0 Å². The predicted octanol–water partition coefficient (Wildman–Crippen LogP) is -2.92. The third kappa shape index (κ3) is 5.76. The van der Waals surface area contributed by atoms with Gasteiger partial charge in [-0.1, -0.05) is 0 Å². The molecule has 10 nitrogen and oxygen atoms in total. The Morgan fingerprint density at radius 3 is 2.00 bits per heavy atom. The molecule has 1 fully saturated rings. The first-order chi connectivity index (χ1) is 13.9. The summed E-state index contributed by atoms with van der Waals surface area (Å²) in [7, 11) is 1.82. The average Bonchev–Trinajstić information content (AvgIpc) is 2.73. The number of ether oxygens (including phenoxy) is 2. The fourth-order valence-corrected chi connectivity index (χ4v) is 2.68. The van der Waals surface area contributed by atoms with Crippen LogP contribution in [0.4, 0.5) is 17.1 Å². The second kappa shape index (κ2) is 10.8. The van der Waals surface area contributed by atoms with Gasteiger partial charge in [0.2, 0.25) is 6.29 Å². The molecule has 3 rings (SSSR count). The Bertz CT molecular complexity index is 863. The maximum Gasteiger partial charge on any atom is 1.00 e. The number of carboxylic acid groups (broad SMARTS) is 1. The number of aliphatic hydroxyl groups excluding tert-OH is 3. The van der Waals surface area contributed by atoms with E-state index in [1.165, 1.54) is 12.1 Å². The minimum absolute atomic E-state index is 0. The number of anilines is 1. The Morgan fingerprint density at radius 2 is 1.50 bits per heavy atom. The molecule has 1 unspecified atom stereocenters. The molecule has 0 radical (unpaired) electrons. The van der Waals surface area contributed by atoms with E-state index < -0.39 is 36.7 Å². The van der Waals surface area contributed by atoms with Crippen LogP contribution < -0.4 is 44.7 Å². The molecule has 4 N–H and O–H groups in total. The zero-order valence-corrected chi connectivity index (χ0v) is 18.4. The van der Waals surface area contributed by atoms with E-state index in [1.807, 2.05) is 31.3 Å². The van der Waals surface area contributed by atoms with Gasteiger partial charge in [0.05, 0.1) is 17.3 Å². The number of aliphatic carboxylic acids is 1. The molecule has 2 aromatic rings. The molecule has 1 aliphatic rings. The van der Waals surface area contributed by atoms with E-state index in [0.717, 1.165) is 5.69 Å². The van der Waals surface area contributed by atoms with Crippen LogP contribution in [0.5, 0.6) is 5.75 Å². The summed E-state index contributed by atoms with van der Waals surface area (Å²) in [5, 5.41) is 51.6. The van der Waals surface area contributed by atoms with E-state index >= 15 is 0 Å². The van der Waals surface area contributed by atoms with Gasteiger partial charge in [-0.2, -0.15) is 10.2 Å². The summed E-state index contributed by atoms with van der Waals surface area (Å²) in [6.07, 6.45) is -8.59. The van der Waals surface area contributed by atoms with E-state index in [2.05, 4.69) is 15.5 Å². The van der Waals surface area contributed by atoms with Crippen molar-refractivity contribution in [2.24, 2.45) is 10.2 Å². The number of carboxylic acids is 1. The number of aliphatic hydroxyl groups is 3. The van der Waals surface area contributed by atoms with Crippen LogP contribution in [0.3, 0.4) is 0 Å². The summed E-state index contributed by atoms with van der Waals surface area (Å²) < 4.78 is 10.4. The molecule has 5 atom stereocenters. The fourth-order valence-electron chi connectivity index (χ4n) is 2.68. The van der Waals surface area contributed by atoms with Gasteiger partial charge in [-0.25, -0.2) is 0 Å². The van der Waals surface area contributed by atoms with Gasteiger partial charge >= 0.3 is 29.6 Å². The number of azo groups is 1. The largest absolute Gasteiger partial charge is 1.00 e. The van der Waals surface area contributed by atoms with E-state index in [0.29, 0.717) is 11.4 Å². The quantitative estimate of drug-likeness (QED) is 0.283.